The van der Waals surface area contributed by atoms with Gasteiger partial charge in [-0.05, 0) is 71.5 Å². The summed E-state index contributed by atoms with van der Waals surface area (Å²) in [5, 5.41) is 2.26. The standard InChI is InChI=1S/C37H30N2OS2/c1-38-31-23-29(25-9-5-3-6-10-25)15-19-33(31)41-35(38)21-17-27-13-14-28(37(27)40)18-22-36-39(2)32-24-30(16-20-34(32)42-36)26-11-7-4-8-12-26/h3-12,15-24H,13-14H2,1-2H3/b27-17+,28-18+,35-21-,36-22-. The summed E-state index contributed by atoms with van der Waals surface area (Å²) in [6.45, 7) is 0. The maximum atomic E-state index is 13.3. The van der Waals surface area contributed by atoms with Crippen LogP contribution in [-0.4, -0.2) is 19.9 Å². The van der Waals surface area contributed by atoms with Crippen LogP contribution in [-0.2, 0) is 4.79 Å². The smallest absolute Gasteiger partial charge is 0.185 e. The second kappa shape index (κ2) is 11.2. The summed E-state index contributed by atoms with van der Waals surface area (Å²) in [5.41, 5.74) is 9.01. The molecule has 0 radical (unpaired) electrons. The molecular weight excluding hydrogens is 553 g/mol. The van der Waals surface area contributed by atoms with Gasteiger partial charge in [-0.25, -0.2) is 0 Å². The minimum absolute atomic E-state index is 0.160. The van der Waals surface area contributed by atoms with Crippen LogP contribution in [0.2, 0.25) is 0 Å². The third-order valence-electron chi connectivity index (χ3n) is 8.05. The fourth-order valence-corrected chi connectivity index (χ4v) is 7.67. The van der Waals surface area contributed by atoms with Crippen molar-refractivity contribution in [3.05, 3.63) is 143 Å². The van der Waals surface area contributed by atoms with Crippen molar-refractivity contribution in [2.75, 3.05) is 23.9 Å². The Hall–Kier alpha value is -4.19. The summed E-state index contributed by atoms with van der Waals surface area (Å²) in [7, 11) is 4.20. The highest BCUT2D eigenvalue weighted by molar-refractivity contribution is 8.04. The monoisotopic (exact) mass is 582 g/mol. The van der Waals surface area contributed by atoms with Gasteiger partial charge < -0.3 is 9.80 Å². The molecule has 0 amide bonds. The van der Waals surface area contributed by atoms with Crippen LogP contribution in [0.25, 0.3) is 22.3 Å². The molecule has 3 aliphatic rings. The fourth-order valence-electron chi connectivity index (χ4n) is 5.61. The average Bonchev–Trinajstić information content (AvgIpc) is 3.67. The van der Waals surface area contributed by atoms with Crippen LogP contribution in [0.4, 0.5) is 11.4 Å². The highest BCUT2D eigenvalue weighted by atomic mass is 32.2. The highest BCUT2D eigenvalue weighted by Crippen LogP contribution is 2.48. The molecule has 1 aliphatic carbocycles. The molecule has 2 heterocycles. The number of hydrogen-bond donors (Lipinski definition) is 0. The van der Waals surface area contributed by atoms with E-state index < -0.39 is 0 Å². The van der Waals surface area contributed by atoms with E-state index in [0.717, 1.165) is 34.0 Å². The number of allylic oxidation sites excluding steroid dienone is 6. The molecule has 1 fully saturated rings. The molecule has 0 atom stereocenters. The normalized spacial score (nSPS) is 19.9. The van der Waals surface area contributed by atoms with Gasteiger partial charge in [-0.15, -0.1) is 0 Å². The predicted octanol–water partition coefficient (Wildman–Crippen LogP) is 9.70. The van der Waals surface area contributed by atoms with E-state index in [0.29, 0.717) is 0 Å². The Balaban J connectivity index is 1.05. The van der Waals surface area contributed by atoms with Gasteiger partial charge in [0, 0.05) is 35.0 Å². The largest absolute Gasteiger partial charge is 0.338 e. The molecule has 2 aliphatic heterocycles. The SMILES string of the molecule is CN1/C(=C/C=C2\CC/C(=C\C=C3/Sc4ccc(-c5ccccc5)cc4N3C)C2=O)Sc2ccc(-c3ccccc3)cc21. The summed E-state index contributed by atoms with van der Waals surface area (Å²) in [5.74, 6) is 0.160. The van der Waals surface area contributed by atoms with Gasteiger partial charge in [0.1, 0.15) is 0 Å². The lowest BCUT2D eigenvalue weighted by Gasteiger charge is -2.14. The van der Waals surface area contributed by atoms with Gasteiger partial charge in [0.2, 0.25) is 0 Å². The summed E-state index contributed by atoms with van der Waals surface area (Å²) >= 11 is 3.51. The molecule has 5 heteroatoms. The maximum absolute atomic E-state index is 13.3. The first kappa shape index (κ1) is 26.7. The lowest BCUT2D eigenvalue weighted by atomic mass is 10.1. The van der Waals surface area contributed by atoms with E-state index in [-0.39, 0.29) is 5.78 Å². The minimum atomic E-state index is 0.160. The first-order valence-electron chi connectivity index (χ1n) is 14.1. The molecule has 4 aromatic rings. The Kier molecular flexibility index (Phi) is 7.14. The van der Waals surface area contributed by atoms with Crippen molar-refractivity contribution in [1.29, 1.82) is 0 Å². The average molecular weight is 583 g/mol. The van der Waals surface area contributed by atoms with Crippen LogP contribution < -0.4 is 9.80 Å². The molecule has 0 unspecified atom stereocenters. The van der Waals surface area contributed by atoms with Crippen molar-refractivity contribution in [3.63, 3.8) is 0 Å². The Morgan fingerprint density at radius 3 is 1.40 bits per heavy atom. The van der Waals surface area contributed by atoms with Gasteiger partial charge in [0.05, 0.1) is 21.4 Å². The quantitative estimate of drug-likeness (QED) is 0.223. The Morgan fingerprint density at radius 1 is 0.548 bits per heavy atom. The summed E-state index contributed by atoms with van der Waals surface area (Å²) in [4.78, 5) is 20.2. The zero-order valence-corrected chi connectivity index (χ0v) is 25.2. The zero-order valence-electron chi connectivity index (χ0n) is 23.6. The number of thioether (sulfide) groups is 2. The first-order valence-corrected chi connectivity index (χ1v) is 15.8. The second-order valence-electron chi connectivity index (χ2n) is 10.6. The second-order valence-corrected chi connectivity index (χ2v) is 12.8. The lowest BCUT2D eigenvalue weighted by molar-refractivity contribution is -0.111. The van der Waals surface area contributed by atoms with Gasteiger partial charge in [0.25, 0.3) is 0 Å². The fraction of sp³-hybridized carbons (Fsp3) is 0.108. The Bertz CT molecular complexity index is 1690. The van der Waals surface area contributed by atoms with Crippen LogP contribution in [0.3, 0.4) is 0 Å². The predicted molar refractivity (Wildman–Crippen MR) is 179 cm³/mol. The number of benzene rings is 4. The van der Waals surface area contributed by atoms with Crippen LogP contribution in [0.15, 0.2) is 152 Å². The van der Waals surface area contributed by atoms with Crippen LogP contribution in [0, 0.1) is 0 Å². The van der Waals surface area contributed by atoms with Crippen molar-refractivity contribution >= 4 is 40.7 Å². The molecule has 0 spiro atoms. The zero-order chi connectivity index (χ0) is 28.6. The molecule has 42 heavy (non-hydrogen) atoms. The molecule has 0 N–H and O–H groups in total. The number of ketones is 1. The van der Waals surface area contributed by atoms with Gasteiger partial charge in [0.15, 0.2) is 5.78 Å². The molecule has 0 aromatic heterocycles. The minimum Gasteiger partial charge on any atom is -0.338 e. The molecule has 7 rings (SSSR count). The topological polar surface area (TPSA) is 23.6 Å². The lowest BCUT2D eigenvalue weighted by Crippen LogP contribution is -2.09. The first-order chi connectivity index (χ1) is 20.5. The number of anilines is 2. The molecule has 0 saturated heterocycles. The number of carbonyl (C=O) groups excluding carboxylic acids is 1. The molecule has 1 saturated carbocycles. The number of fused-ring (bicyclic) bond motifs is 2. The molecule has 206 valence electrons. The van der Waals surface area contributed by atoms with Crippen LogP contribution in [0.1, 0.15) is 12.8 Å². The maximum Gasteiger partial charge on any atom is 0.185 e. The summed E-state index contributed by atoms with van der Waals surface area (Å²) in [6, 6.07) is 34.2. The molecule has 3 nitrogen and oxygen atoms in total. The number of hydrogen-bond acceptors (Lipinski definition) is 5. The third kappa shape index (κ3) is 5.04. The number of rotatable bonds is 4. The van der Waals surface area contributed by atoms with E-state index >= 15 is 0 Å². The van der Waals surface area contributed by atoms with Gasteiger partial charge in [-0.1, -0.05) is 108 Å². The van der Waals surface area contributed by atoms with Crippen molar-refractivity contribution in [3.8, 4) is 22.3 Å². The Labute approximate surface area is 255 Å². The van der Waals surface area contributed by atoms with E-state index in [4.69, 9.17) is 0 Å². The van der Waals surface area contributed by atoms with E-state index in [2.05, 4.69) is 121 Å². The van der Waals surface area contributed by atoms with Crippen molar-refractivity contribution in [1.82, 2.24) is 0 Å². The van der Waals surface area contributed by atoms with Crippen molar-refractivity contribution in [2.45, 2.75) is 22.6 Å². The highest BCUT2D eigenvalue weighted by Gasteiger charge is 2.26. The van der Waals surface area contributed by atoms with E-state index in [9.17, 15) is 4.79 Å². The third-order valence-corrected chi connectivity index (χ3v) is 10.4. The van der Waals surface area contributed by atoms with Gasteiger partial charge in [-0.3, -0.25) is 4.79 Å². The molecular formula is C37H30N2OS2. The van der Waals surface area contributed by atoms with Crippen LogP contribution >= 0.6 is 23.5 Å². The number of nitrogens with zero attached hydrogens (tertiary/aromatic N) is 2. The molecule has 0 bridgehead atoms. The van der Waals surface area contributed by atoms with Crippen molar-refractivity contribution < 1.29 is 4.79 Å². The van der Waals surface area contributed by atoms with E-state index in [1.165, 1.54) is 43.4 Å². The number of carbonyl (C=O) groups is 1. The van der Waals surface area contributed by atoms with E-state index in [1.54, 1.807) is 23.5 Å². The Morgan fingerprint density at radius 2 is 0.976 bits per heavy atom. The summed E-state index contributed by atoms with van der Waals surface area (Å²) < 4.78 is 0. The van der Waals surface area contributed by atoms with Gasteiger partial charge >= 0.3 is 0 Å². The molecule has 4 aromatic carbocycles. The van der Waals surface area contributed by atoms with Crippen molar-refractivity contribution in [2.24, 2.45) is 0 Å². The van der Waals surface area contributed by atoms with Crippen LogP contribution in [0.5, 0.6) is 0 Å². The van der Waals surface area contributed by atoms with E-state index in [1.807, 2.05) is 24.3 Å². The van der Waals surface area contributed by atoms with Gasteiger partial charge in [-0.2, -0.15) is 0 Å². The summed E-state index contributed by atoms with van der Waals surface area (Å²) in [6.07, 6.45) is 9.81. The number of Topliss-reactive ketones (excluding diaryl/α,β-unsaturated/α-hetero) is 1.